The quantitative estimate of drug-likeness (QED) is 0.297. The summed E-state index contributed by atoms with van der Waals surface area (Å²) < 4.78 is 8.70. The molecule has 0 aliphatic heterocycles. The van der Waals surface area contributed by atoms with Gasteiger partial charge in [0.05, 0.1) is 0 Å². The highest BCUT2D eigenvalue weighted by molar-refractivity contribution is 7.80. The van der Waals surface area contributed by atoms with Crippen molar-refractivity contribution in [2.45, 2.75) is 0 Å². The Balaban J connectivity index is 0. The molecular formula is C3H8O3PS+. The zero-order chi connectivity index (χ0) is 6.99. The Morgan fingerprint density at radius 1 is 1.75 bits per heavy atom. The molecule has 0 aliphatic rings. The van der Waals surface area contributed by atoms with Crippen LogP contribution in [-0.2, 0) is 4.57 Å². The minimum Gasteiger partial charge on any atom is -0.175 e. The first-order valence-corrected chi connectivity index (χ1v) is 3.51. The minimum absolute atomic E-state index is 0.778. The van der Waals surface area contributed by atoms with Gasteiger partial charge in [0, 0.05) is 10.3 Å². The maximum atomic E-state index is 8.70. The number of rotatable bonds is 1. The average molecular weight is 155 g/mol. The van der Waals surface area contributed by atoms with E-state index in [4.69, 9.17) is 14.4 Å². The Morgan fingerprint density at radius 2 is 1.88 bits per heavy atom. The summed E-state index contributed by atoms with van der Waals surface area (Å²) in [5, 5.41) is 0. The normalized spacial score (nSPS) is 6.38. The summed E-state index contributed by atoms with van der Waals surface area (Å²) in [5.74, 6) is 0.778. The molecule has 0 rings (SSSR count). The molecule has 3 nitrogen and oxygen atoms in total. The fourth-order valence-electron chi connectivity index (χ4n) is 0. The molecule has 8 heavy (non-hydrogen) atoms. The van der Waals surface area contributed by atoms with E-state index in [1.807, 2.05) is 0 Å². The van der Waals surface area contributed by atoms with Gasteiger partial charge in [-0.15, -0.1) is 16.4 Å². The molecule has 0 saturated heterocycles. The molecule has 0 amide bonds. The minimum atomic E-state index is -2.87. The average Bonchev–Trinajstić information content (AvgIpc) is 1.65. The van der Waals surface area contributed by atoms with Gasteiger partial charge in [0.2, 0.25) is 0 Å². The second-order valence-corrected chi connectivity index (χ2v) is 1.59. The second kappa shape index (κ2) is 10.2. The number of hydrogen-bond donors (Lipinski definition) is 3. The van der Waals surface area contributed by atoms with Gasteiger partial charge >= 0.3 is 8.25 Å². The van der Waals surface area contributed by atoms with E-state index in [2.05, 4.69) is 19.2 Å². The van der Waals surface area contributed by atoms with Crippen LogP contribution in [0.4, 0.5) is 0 Å². The molecule has 5 heteroatoms. The Morgan fingerprint density at radius 3 is 1.88 bits per heavy atom. The van der Waals surface area contributed by atoms with E-state index in [1.54, 1.807) is 6.08 Å². The highest BCUT2D eigenvalue weighted by atomic mass is 32.1. The Kier molecular flexibility index (Phi) is 14.0. The molecule has 0 aromatic heterocycles. The van der Waals surface area contributed by atoms with Gasteiger partial charge in [0.1, 0.15) is 0 Å². The molecule has 0 aliphatic carbocycles. The fourth-order valence-corrected chi connectivity index (χ4v) is 0. The van der Waals surface area contributed by atoms with Gasteiger partial charge in [-0.2, -0.15) is 12.6 Å². The first kappa shape index (κ1) is 11.0. The van der Waals surface area contributed by atoms with Crippen molar-refractivity contribution in [3.05, 3.63) is 12.7 Å². The van der Waals surface area contributed by atoms with Crippen LogP contribution >= 0.6 is 20.9 Å². The first-order valence-electron chi connectivity index (χ1n) is 1.72. The molecule has 0 atom stereocenters. The van der Waals surface area contributed by atoms with Gasteiger partial charge in [-0.1, -0.05) is 6.08 Å². The molecule has 0 spiro atoms. The van der Waals surface area contributed by atoms with Crippen molar-refractivity contribution in [3.63, 3.8) is 0 Å². The van der Waals surface area contributed by atoms with Crippen molar-refractivity contribution in [2.24, 2.45) is 0 Å². The van der Waals surface area contributed by atoms with Crippen molar-refractivity contribution < 1.29 is 14.4 Å². The lowest BCUT2D eigenvalue weighted by molar-refractivity contribution is 0.405. The largest absolute Gasteiger partial charge is 0.692 e. The first-order chi connectivity index (χ1) is 3.65. The van der Waals surface area contributed by atoms with Crippen molar-refractivity contribution in [3.8, 4) is 0 Å². The van der Waals surface area contributed by atoms with Crippen LogP contribution in [0.3, 0.4) is 0 Å². The van der Waals surface area contributed by atoms with Crippen LogP contribution in [0.25, 0.3) is 0 Å². The van der Waals surface area contributed by atoms with Crippen LogP contribution in [0.1, 0.15) is 0 Å². The van der Waals surface area contributed by atoms with Crippen LogP contribution < -0.4 is 0 Å². The predicted octanol–water partition coefficient (Wildman–Crippen LogP) is 0.731. The zero-order valence-corrected chi connectivity index (χ0v) is 5.98. The lowest BCUT2D eigenvalue weighted by Gasteiger charge is -1.57. The molecule has 48 valence electrons. The van der Waals surface area contributed by atoms with Gasteiger partial charge in [0.25, 0.3) is 0 Å². The van der Waals surface area contributed by atoms with E-state index in [9.17, 15) is 0 Å². The van der Waals surface area contributed by atoms with Gasteiger partial charge in [-0.05, 0) is 0 Å². The standard InChI is InChI=1S/C3H6S.HO3P/c1-2-3-4;1-4(2)3/h2,4H,1,3H2;(H-,1,2,3)/p+1. The maximum absolute atomic E-state index is 8.70. The number of thiol groups is 1. The lowest BCUT2D eigenvalue weighted by Crippen LogP contribution is -1.45. The molecule has 0 heterocycles. The van der Waals surface area contributed by atoms with Crippen molar-refractivity contribution >= 4 is 20.9 Å². The Hall–Kier alpha value is 0.110. The monoisotopic (exact) mass is 155 g/mol. The van der Waals surface area contributed by atoms with E-state index in [0.717, 1.165) is 5.75 Å². The summed E-state index contributed by atoms with van der Waals surface area (Å²) in [7, 11) is -2.87. The summed E-state index contributed by atoms with van der Waals surface area (Å²) in [6.45, 7) is 3.40. The summed E-state index contributed by atoms with van der Waals surface area (Å²) in [5.41, 5.74) is 0. The summed E-state index contributed by atoms with van der Waals surface area (Å²) in [4.78, 5) is 14.2. The van der Waals surface area contributed by atoms with Gasteiger partial charge in [0.15, 0.2) is 0 Å². The van der Waals surface area contributed by atoms with Crippen LogP contribution in [0, 0.1) is 0 Å². The van der Waals surface area contributed by atoms with Crippen molar-refractivity contribution in [1.29, 1.82) is 0 Å². The van der Waals surface area contributed by atoms with Gasteiger partial charge in [-0.25, -0.2) is 0 Å². The molecule has 0 aromatic rings. The van der Waals surface area contributed by atoms with Gasteiger partial charge < -0.3 is 0 Å². The maximum Gasteiger partial charge on any atom is 0.692 e. The highest BCUT2D eigenvalue weighted by Crippen LogP contribution is 1.98. The molecule has 0 saturated carbocycles. The highest BCUT2D eigenvalue weighted by Gasteiger charge is 1.93. The summed E-state index contributed by atoms with van der Waals surface area (Å²) in [6.07, 6.45) is 1.74. The predicted molar refractivity (Wildman–Crippen MR) is 36.1 cm³/mol. The third-order valence-electron chi connectivity index (χ3n) is 0.129. The summed E-state index contributed by atoms with van der Waals surface area (Å²) >= 11 is 3.80. The zero-order valence-electron chi connectivity index (χ0n) is 4.19. The van der Waals surface area contributed by atoms with Crippen LogP contribution in [0.15, 0.2) is 12.7 Å². The molecule has 0 fully saturated rings. The Bertz CT molecular complexity index is 70.9. The second-order valence-electron chi connectivity index (χ2n) is 0.724. The summed E-state index contributed by atoms with van der Waals surface area (Å²) in [6, 6.07) is 0. The van der Waals surface area contributed by atoms with Crippen molar-refractivity contribution in [1.82, 2.24) is 0 Å². The third kappa shape index (κ3) is 129. The van der Waals surface area contributed by atoms with Crippen LogP contribution in [-0.4, -0.2) is 15.5 Å². The SMILES string of the molecule is C=CCS.O=[P+](O)O. The van der Waals surface area contributed by atoms with E-state index in [1.165, 1.54) is 0 Å². The smallest absolute Gasteiger partial charge is 0.175 e. The van der Waals surface area contributed by atoms with E-state index in [-0.39, 0.29) is 0 Å². The number of hydrogen-bond acceptors (Lipinski definition) is 2. The Labute approximate surface area is 54.4 Å². The van der Waals surface area contributed by atoms with E-state index in [0.29, 0.717) is 0 Å². The third-order valence-corrected chi connectivity index (χ3v) is 0.387. The van der Waals surface area contributed by atoms with Crippen LogP contribution in [0.2, 0.25) is 0 Å². The molecular weight excluding hydrogens is 147 g/mol. The molecule has 0 radical (unpaired) electrons. The van der Waals surface area contributed by atoms with E-state index >= 15 is 0 Å². The van der Waals surface area contributed by atoms with E-state index < -0.39 is 8.25 Å². The fraction of sp³-hybridized carbons (Fsp3) is 0.333. The topological polar surface area (TPSA) is 57.5 Å². The molecule has 2 N–H and O–H groups in total. The van der Waals surface area contributed by atoms with Crippen molar-refractivity contribution in [2.75, 3.05) is 5.75 Å². The molecule has 0 unspecified atom stereocenters. The molecule has 0 bridgehead atoms. The lowest BCUT2D eigenvalue weighted by atomic mass is 10.8. The van der Waals surface area contributed by atoms with Crippen LogP contribution in [0.5, 0.6) is 0 Å². The van der Waals surface area contributed by atoms with Gasteiger partial charge in [-0.3, -0.25) is 0 Å². The molecule has 0 aromatic carbocycles.